The predicted octanol–water partition coefficient (Wildman–Crippen LogP) is 5.35. The molecule has 2 amide bonds. The zero-order chi connectivity index (χ0) is 24.3. The third-order valence-corrected chi connectivity index (χ3v) is 5.48. The minimum atomic E-state index is -0.264. The molecule has 5 N–H and O–H groups in total. The van der Waals surface area contributed by atoms with Crippen LogP contribution in [0.2, 0.25) is 0 Å². The highest BCUT2D eigenvalue weighted by atomic mass is 32.1. The molecule has 0 radical (unpaired) electrons. The number of anilines is 2. The molecule has 0 atom stereocenters. The van der Waals surface area contributed by atoms with Crippen LogP contribution < -0.4 is 21.7 Å². The van der Waals surface area contributed by atoms with Crippen molar-refractivity contribution < 1.29 is 9.59 Å². The number of nitrogens with two attached hydrogens (primary N) is 1. The fraction of sp³-hybridized carbons (Fsp3) is 0.423. The summed E-state index contributed by atoms with van der Waals surface area (Å²) in [6.07, 6.45) is 5.71. The Morgan fingerprint density at radius 2 is 1.36 bits per heavy atom. The van der Waals surface area contributed by atoms with Gasteiger partial charge in [-0.2, -0.15) is 0 Å². The topological polar surface area (TPSA) is 96.2 Å². The van der Waals surface area contributed by atoms with Gasteiger partial charge in [0.05, 0.1) is 0 Å². The number of thiocarbonyl (C=S) groups is 1. The van der Waals surface area contributed by atoms with Gasteiger partial charge in [0, 0.05) is 23.4 Å². The summed E-state index contributed by atoms with van der Waals surface area (Å²) in [4.78, 5) is 24.5. The Labute approximate surface area is 202 Å². The van der Waals surface area contributed by atoms with Crippen LogP contribution in [0.15, 0.2) is 48.5 Å². The van der Waals surface area contributed by atoms with Crippen LogP contribution >= 0.6 is 12.2 Å². The molecule has 6 nitrogen and oxygen atoms in total. The molecule has 0 aliphatic heterocycles. The third-order valence-electron chi connectivity index (χ3n) is 5.27. The molecule has 0 unspecified atom stereocenters. The van der Waals surface area contributed by atoms with Crippen molar-refractivity contribution in [2.45, 2.75) is 64.7 Å². The van der Waals surface area contributed by atoms with Gasteiger partial charge in [0.15, 0.2) is 5.11 Å². The summed E-state index contributed by atoms with van der Waals surface area (Å²) in [7, 11) is 0. The van der Waals surface area contributed by atoms with Gasteiger partial charge in [0.1, 0.15) is 0 Å². The number of rotatable bonds is 10. The van der Waals surface area contributed by atoms with E-state index in [4.69, 9.17) is 18.0 Å². The van der Waals surface area contributed by atoms with Crippen molar-refractivity contribution in [2.24, 2.45) is 5.73 Å². The second kappa shape index (κ2) is 13.1. The van der Waals surface area contributed by atoms with Crippen LogP contribution in [0, 0.1) is 0 Å². The maximum Gasteiger partial charge on any atom is 0.257 e. The van der Waals surface area contributed by atoms with Gasteiger partial charge in [0.25, 0.3) is 5.91 Å². The van der Waals surface area contributed by atoms with Gasteiger partial charge in [-0.1, -0.05) is 52.2 Å². The Morgan fingerprint density at radius 1 is 0.818 bits per heavy atom. The van der Waals surface area contributed by atoms with Gasteiger partial charge in [-0.05, 0) is 79.0 Å². The van der Waals surface area contributed by atoms with E-state index in [1.54, 1.807) is 36.4 Å². The van der Waals surface area contributed by atoms with E-state index in [1.807, 2.05) is 12.1 Å². The van der Waals surface area contributed by atoms with Crippen LogP contribution in [0.3, 0.4) is 0 Å². The summed E-state index contributed by atoms with van der Waals surface area (Å²) in [6.45, 7) is 7.12. The lowest BCUT2D eigenvalue weighted by Gasteiger charge is -2.19. The van der Waals surface area contributed by atoms with E-state index < -0.39 is 0 Å². The molecule has 0 saturated carbocycles. The average molecular weight is 469 g/mol. The lowest BCUT2D eigenvalue weighted by atomic mass is 9.87. The first kappa shape index (κ1) is 26.5. The van der Waals surface area contributed by atoms with E-state index in [9.17, 15) is 9.59 Å². The normalized spacial score (nSPS) is 11.0. The first-order valence-electron chi connectivity index (χ1n) is 11.5. The van der Waals surface area contributed by atoms with Crippen LogP contribution in [-0.2, 0) is 10.2 Å². The Morgan fingerprint density at radius 3 is 1.94 bits per heavy atom. The number of hydrogen-bond donors (Lipinski definition) is 4. The van der Waals surface area contributed by atoms with E-state index in [2.05, 4.69) is 36.7 Å². The van der Waals surface area contributed by atoms with E-state index in [1.165, 1.54) is 0 Å². The van der Waals surface area contributed by atoms with Crippen molar-refractivity contribution >= 4 is 40.5 Å². The summed E-state index contributed by atoms with van der Waals surface area (Å²) in [5, 5.41) is 8.81. The molecular formula is C26H36N4O2S. The van der Waals surface area contributed by atoms with Crippen LogP contribution in [0.1, 0.15) is 75.2 Å². The van der Waals surface area contributed by atoms with Gasteiger partial charge in [0.2, 0.25) is 5.91 Å². The third kappa shape index (κ3) is 9.72. The number of unbranched alkanes of at least 4 members (excludes halogenated alkanes) is 4. The number of carbonyl (C=O) groups excluding carboxylic acids is 2. The van der Waals surface area contributed by atoms with Crippen LogP contribution in [0.25, 0.3) is 0 Å². The van der Waals surface area contributed by atoms with E-state index in [0.29, 0.717) is 12.0 Å². The van der Waals surface area contributed by atoms with E-state index in [0.717, 1.165) is 55.6 Å². The monoisotopic (exact) mass is 468 g/mol. The molecule has 2 aromatic carbocycles. The molecular weight excluding hydrogens is 432 g/mol. The standard InChI is InChI=1S/C26H36N4O2S/c1-26(2,3)20-12-10-19(11-13-20)24(32)30-25(33)29-22-16-14-21(15-17-22)28-23(31)9-7-5-4-6-8-18-27/h10-17H,4-9,18,27H2,1-3H3,(H,28,31)(H2,29,30,32,33). The first-order valence-corrected chi connectivity index (χ1v) is 11.9. The molecule has 0 aliphatic carbocycles. The highest BCUT2D eigenvalue weighted by Crippen LogP contribution is 2.22. The molecule has 178 valence electrons. The SMILES string of the molecule is CC(C)(C)c1ccc(C(=O)NC(=S)Nc2ccc(NC(=O)CCCCCCCN)cc2)cc1. The lowest BCUT2D eigenvalue weighted by molar-refractivity contribution is -0.116. The van der Waals surface area contributed by atoms with Crippen molar-refractivity contribution in [3.8, 4) is 0 Å². The predicted molar refractivity (Wildman–Crippen MR) is 141 cm³/mol. The molecule has 0 spiro atoms. The van der Waals surface area contributed by atoms with Gasteiger partial charge in [-0.3, -0.25) is 14.9 Å². The van der Waals surface area contributed by atoms with Crippen LogP contribution in [-0.4, -0.2) is 23.5 Å². The zero-order valence-electron chi connectivity index (χ0n) is 19.9. The Balaban J connectivity index is 1.76. The largest absolute Gasteiger partial charge is 0.332 e. The minimum absolute atomic E-state index is 0.00907. The van der Waals surface area contributed by atoms with Gasteiger partial charge >= 0.3 is 0 Å². The molecule has 33 heavy (non-hydrogen) atoms. The molecule has 2 aromatic rings. The summed E-state index contributed by atoms with van der Waals surface area (Å²) >= 11 is 5.27. The molecule has 0 heterocycles. The second-order valence-corrected chi connectivity index (χ2v) is 9.58. The minimum Gasteiger partial charge on any atom is -0.332 e. The van der Waals surface area contributed by atoms with E-state index in [-0.39, 0.29) is 22.3 Å². The molecule has 0 aliphatic rings. The number of carbonyl (C=O) groups is 2. The summed E-state index contributed by atoms with van der Waals surface area (Å²) in [6, 6.07) is 14.7. The van der Waals surface area contributed by atoms with Gasteiger partial charge < -0.3 is 16.4 Å². The first-order chi connectivity index (χ1) is 15.7. The Bertz CT molecular complexity index is 919. The van der Waals surface area contributed by atoms with Crippen LogP contribution in [0.4, 0.5) is 11.4 Å². The molecule has 0 aromatic heterocycles. The summed E-state index contributed by atoms with van der Waals surface area (Å²) < 4.78 is 0. The van der Waals surface area contributed by atoms with Crippen LogP contribution in [0.5, 0.6) is 0 Å². The number of benzene rings is 2. The maximum atomic E-state index is 12.4. The Kier molecular flexibility index (Phi) is 10.5. The highest BCUT2D eigenvalue weighted by molar-refractivity contribution is 7.80. The molecule has 0 saturated heterocycles. The van der Waals surface area contributed by atoms with E-state index >= 15 is 0 Å². The summed E-state index contributed by atoms with van der Waals surface area (Å²) in [5.74, 6) is -0.255. The van der Waals surface area contributed by atoms with Crippen molar-refractivity contribution in [1.82, 2.24) is 5.32 Å². The second-order valence-electron chi connectivity index (χ2n) is 9.17. The van der Waals surface area contributed by atoms with Gasteiger partial charge in [-0.25, -0.2) is 0 Å². The number of hydrogen-bond acceptors (Lipinski definition) is 4. The fourth-order valence-corrected chi connectivity index (χ4v) is 3.49. The molecule has 0 fully saturated rings. The van der Waals surface area contributed by atoms with Crippen molar-refractivity contribution in [3.05, 3.63) is 59.7 Å². The molecule has 2 rings (SSSR count). The van der Waals surface area contributed by atoms with Crippen molar-refractivity contribution in [1.29, 1.82) is 0 Å². The Hall–Kier alpha value is -2.77. The zero-order valence-corrected chi connectivity index (χ0v) is 20.7. The average Bonchev–Trinajstić information content (AvgIpc) is 2.77. The smallest absolute Gasteiger partial charge is 0.257 e. The maximum absolute atomic E-state index is 12.4. The number of nitrogens with one attached hydrogen (secondary N) is 3. The quantitative estimate of drug-likeness (QED) is 0.278. The lowest BCUT2D eigenvalue weighted by Crippen LogP contribution is -2.34. The van der Waals surface area contributed by atoms with Gasteiger partial charge in [-0.15, -0.1) is 0 Å². The fourth-order valence-electron chi connectivity index (χ4n) is 3.28. The van der Waals surface area contributed by atoms with Crippen molar-refractivity contribution in [2.75, 3.05) is 17.2 Å². The number of amides is 2. The highest BCUT2D eigenvalue weighted by Gasteiger charge is 2.15. The molecule has 7 heteroatoms. The molecule has 0 bridgehead atoms. The summed E-state index contributed by atoms with van der Waals surface area (Å²) in [5.41, 5.74) is 8.67. The van der Waals surface area contributed by atoms with Crippen molar-refractivity contribution in [3.63, 3.8) is 0 Å².